The largest absolute Gasteiger partial charge is 0.352 e. The predicted molar refractivity (Wildman–Crippen MR) is 104 cm³/mol. The number of hydrogen-bond donors (Lipinski definition) is 2. The summed E-state index contributed by atoms with van der Waals surface area (Å²) in [6.07, 6.45) is 0.247. The maximum atomic E-state index is 12.1. The van der Waals surface area contributed by atoms with Crippen molar-refractivity contribution in [3.63, 3.8) is 0 Å². The van der Waals surface area contributed by atoms with Crippen LogP contribution in [0.1, 0.15) is 35.3 Å². The maximum Gasteiger partial charge on any atom is 0.251 e. The molecule has 0 aromatic heterocycles. The van der Waals surface area contributed by atoms with Crippen LogP contribution in [0.4, 0.5) is 0 Å². The third-order valence-electron chi connectivity index (χ3n) is 4.32. The molecule has 1 atom stereocenters. The van der Waals surface area contributed by atoms with Gasteiger partial charge in [0.1, 0.15) is 0 Å². The van der Waals surface area contributed by atoms with Gasteiger partial charge in [-0.3, -0.25) is 9.59 Å². The lowest BCUT2D eigenvalue weighted by Gasteiger charge is -2.15. The summed E-state index contributed by atoms with van der Waals surface area (Å²) in [5.74, 6) is -0.250. The summed E-state index contributed by atoms with van der Waals surface area (Å²) in [6.45, 7) is 2.27. The lowest BCUT2D eigenvalue weighted by Crippen LogP contribution is -2.32. The van der Waals surface area contributed by atoms with Crippen molar-refractivity contribution < 1.29 is 9.59 Å². The highest BCUT2D eigenvalue weighted by Gasteiger charge is 2.11. The summed E-state index contributed by atoms with van der Waals surface area (Å²) in [5.41, 5.74) is 1.66. The van der Waals surface area contributed by atoms with Crippen LogP contribution in [0.25, 0.3) is 10.8 Å². The topological polar surface area (TPSA) is 58.2 Å². The van der Waals surface area contributed by atoms with Crippen molar-refractivity contribution in [3.05, 3.63) is 83.9 Å². The Hall–Kier alpha value is -3.14. The van der Waals surface area contributed by atoms with E-state index in [0.717, 1.165) is 10.9 Å². The third kappa shape index (κ3) is 4.48. The zero-order chi connectivity index (χ0) is 18.4. The summed E-state index contributed by atoms with van der Waals surface area (Å²) in [6, 6.07) is 23.2. The summed E-state index contributed by atoms with van der Waals surface area (Å²) in [7, 11) is 0. The van der Waals surface area contributed by atoms with Crippen molar-refractivity contribution in [3.8, 4) is 0 Å². The SMILES string of the molecule is CC(NC(=O)CCNC(=O)c1ccccc1)c1ccc2ccccc2c1. The minimum absolute atomic E-state index is 0.0842. The molecule has 3 aromatic rings. The van der Waals surface area contributed by atoms with E-state index in [1.807, 2.05) is 43.3 Å². The molecule has 0 aliphatic carbocycles. The number of carbonyl (C=O) groups is 2. The number of nitrogens with one attached hydrogen (secondary N) is 2. The second-order valence-corrected chi connectivity index (χ2v) is 6.27. The fourth-order valence-corrected chi connectivity index (χ4v) is 2.86. The number of amides is 2. The number of benzene rings is 3. The smallest absolute Gasteiger partial charge is 0.251 e. The second kappa shape index (κ2) is 8.30. The van der Waals surface area contributed by atoms with Crippen molar-refractivity contribution in [2.45, 2.75) is 19.4 Å². The molecule has 2 amide bonds. The molecule has 0 radical (unpaired) electrons. The van der Waals surface area contributed by atoms with Gasteiger partial charge in [-0.1, -0.05) is 54.6 Å². The zero-order valence-corrected chi connectivity index (χ0v) is 14.7. The van der Waals surface area contributed by atoms with E-state index in [1.165, 1.54) is 5.39 Å². The lowest BCUT2D eigenvalue weighted by atomic mass is 10.0. The van der Waals surface area contributed by atoms with Gasteiger partial charge in [0, 0.05) is 18.5 Å². The van der Waals surface area contributed by atoms with Gasteiger partial charge in [-0.05, 0) is 41.5 Å². The number of rotatable bonds is 6. The first-order chi connectivity index (χ1) is 12.6. The Labute approximate surface area is 153 Å². The van der Waals surface area contributed by atoms with Crippen LogP contribution in [0, 0.1) is 0 Å². The molecule has 0 spiro atoms. The molecule has 0 aliphatic rings. The van der Waals surface area contributed by atoms with Gasteiger partial charge in [-0.25, -0.2) is 0 Å². The fraction of sp³-hybridized carbons (Fsp3) is 0.182. The van der Waals surface area contributed by atoms with Gasteiger partial charge in [0.25, 0.3) is 5.91 Å². The fourth-order valence-electron chi connectivity index (χ4n) is 2.86. The van der Waals surface area contributed by atoms with E-state index < -0.39 is 0 Å². The van der Waals surface area contributed by atoms with E-state index in [9.17, 15) is 9.59 Å². The van der Waals surface area contributed by atoms with Gasteiger partial charge in [0.15, 0.2) is 0 Å². The molecule has 3 aromatic carbocycles. The van der Waals surface area contributed by atoms with Gasteiger partial charge in [0.2, 0.25) is 5.91 Å². The van der Waals surface area contributed by atoms with Crippen LogP contribution < -0.4 is 10.6 Å². The van der Waals surface area contributed by atoms with Crippen LogP contribution in [-0.4, -0.2) is 18.4 Å². The Morgan fingerprint density at radius 3 is 2.35 bits per heavy atom. The Balaban J connectivity index is 1.50. The first-order valence-corrected chi connectivity index (χ1v) is 8.75. The molecule has 4 heteroatoms. The Morgan fingerprint density at radius 1 is 0.885 bits per heavy atom. The Bertz CT molecular complexity index is 906. The van der Waals surface area contributed by atoms with Gasteiger partial charge in [-0.15, -0.1) is 0 Å². The van der Waals surface area contributed by atoms with E-state index in [0.29, 0.717) is 12.1 Å². The standard InChI is InChI=1S/C22H22N2O2/c1-16(19-12-11-17-7-5-6-10-20(17)15-19)24-21(25)13-14-23-22(26)18-8-3-2-4-9-18/h2-12,15-16H,13-14H2,1H3,(H,23,26)(H,24,25). The van der Waals surface area contributed by atoms with Crippen molar-refractivity contribution >= 4 is 22.6 Å². The quantitative estimate of drug-likeness (QED) is 0.712. The first-order valence-electron chi connectivity index (χ1n) is 8.75. The lowest BCUT2D eigenvalue weighted by molar-refractivity contribution is -0.121. The minimum Gasteiger partial charge on any atom is -0.352 e. The van der Waals surface area contributed by atoms with Gasteiger partial charge < -0.3 is 10.6 Å². The highest BCUT2D eigenvalue weighted by atomic mass is 16.2. The van der Waals surface area contributed by atoms with E-state index in [2.05, 4.69) is 34.9 Å². The third-order valence-corrected chi connectivity index (χ3v) is 4.32. The molecule has 0 fully saturated rings. The molecular formula is C22H22N2O2. The molecule has 2 N–H and O–H groups in total. The van der Waals surface area contributed by atoms with Crippen molar-refractivity contribution in [2.24, 2.45) is 0 Å². The van der Waals surface area contributed by atoms with Crippen LogP contribution in [0.5, 0.6) is 0 Å². The van der Waals surface area contributed by atoms with Crippen LogP contribution in [-0.2, 0) is 4.79 Å². The highest BCUT2D eigenvalue weighted by Crippen LogP contribution is 2.20. The molecule has 4 nitrogen and oxygen atoms in total. The average molecular weight is 346 g/mol. The van der Waals surface area contributed by atoms with Crippen molar-refractivity contribution in [1.29, 1.82) is 0 Å². The molecule has 0 heterocycles. The summed E-state index contributed by atoms with van der Waals surface area (Å²) in [4.78, 5) is 24.1. The van der Waals surface area contributed by atoms with Crippen LogP contribution >= 0.6 is 0 Å². The summed E-state index contributed by atoms with van der Waals surface area (Å²) in [5, 5.41) is 8.08. The molecular weight excluding hydrogens is 324 g/mol. The first kappa shape index (κ1) is 17.7. The monoisotopic (exact) mass is 346 g/mol. The number of carbonyl (C=O) groups excluding carboxylic acids is 2. The molecule has 0 saturated heterocycles. The molecule has 1 unspecified atom stereocenters. The number of fused-ring (bicyclic) bond motifs is 1. The van der Waals surface area contributed by atoms with Crippen LogP contribution in [0.3, 0.4) is 0 Å². The van der Waals surface area contributed by atoms with Crippen LogP contribution in [0.2, 0.25) is 0 Å². The number of hydrogen-bond acceptors (Lipinski definition) is 2. The van der Waals surface area contributed by atoms with Gasteiger partial charge >= 0.3 is 0 Å². The molecule has 0 bridgehead atoms. The van der Waals surface area contributed by atoms with Crippen molar-refractivity contribution in [1.82, 2.24) is 10.6 Å². The second-order valence-electron chi connectivity index (χ2n) is 6.27. The molecule has 3 rings (SSSR count). The molecule has 26 heavy (non-hydrogen) atoms. The van der Waals surface area contributed by atoms with Crippen molar-refractivity contribution in [2.75, 3.05) is 6.54 Å². The average Bonchev–Trinajstić information content (AvgIpc) is 2.68. The van der Waals surface area contributed by atoms with E-state index in [4.69, 9.17) is 0 Å². The minimum atomic E-state index is -0.166. The molecule has 132 valence electrons. The van der Waals surface area contributed by atoms with Gasteiger partial charge in [-0.2, -0.15) is 0 Å². The molecule has 0 aliphatic heterocycles. The van der Waals surface area contributed by atoms with E-state index in [1.54, 1.807) is 12.1 Å². The van der Waals surface area contributed by atoms with Crippen LogP contribution in [0.15, 0.2) is 72.8 Å². The van der Waals surface area contributed by atoms with E-state index in [-0.39, 0.29) is 24.3 Å². The van der Waals surface area contributed by atoms with E-state index >= 15 is 0 Å². The predicted octanol–water partition coefficient (Wildman–Crippen LogP) is 3.84. The zero-order valence-electron chi connectivity index (χ0n) is 14.7. The normalized spacial score (nSPS) is 11.7. The summed E-state index contributed by atoms with van der Waals surface area (Å²) >= 11 is 0. The Morgan fingerprint density at radius 2 is 1.58 bits per heavy atom. The maximum absolute atomic E-state index is 12.1. The molecule has 0 saturated carbocycles. The van der Waals surface area contributed by atoms with Gasteiger partial charge in [0.05, 0.1) is 6.04 Å². The highest BCUT2D eigenvalue weighted by molar-refractivity contribution is 5.94. The summed E-state index contributed by atoms with van der Waals surface area (Å²) < 4.78 is 0. The Kier molecular flexibility index (Phi) is 5.64.